The smallest absolute Gasteiger partial charge is 0.276 e. The molecule has 1 N–H and O–H groups in total. The molecule has 2 aromatic heterocycles. The van der Waals surface area contributed by atoms with Gasteiger partial charge < -0.3 is 10.1 Å². The summed E-state index contributed by atoms with van der Waals surface area (Å²) in [6.45, 7) is 4.29. The zero-order valence-electron chi connectivity index (χ0n) is 17.8. The van der Waals surface area contributed by atoms with Gasteiger partial charge in [0.15, 0.2) is 12.4 Å². The molecule has 0 aliphatic rings. The minimum absolute atomic E-state index is 0.120. The number of nitrogens with one attached hydrogen (secondary N) is 1. The van der Waals surface area contributed by atoms with E-state index in [0.717, 1.165) is 11.3 Å². The molecule has 4 rings (SSSR count). The van der Waals surface area contributed by atoms with Gasteiger partial charge in [0, 0.05) is 16.2 Å². The fourth-order valence-corrected chi connectivity index (χ4v) is 3.93. The maximum absolute atomic E-state index is 12.8. The lowest BCUT2D eigenvalue weighted by molar-refractivity contribution is 0.102. The van der Waals surface area contributed by atoms with E-state index in [1.54, 1.807) is 41.2 Å². The van der Waals surface area contributed by atoms with E-state index in [1.165, 1.54) is 4.68 Å². The molecule has 0 bridgehead atoms. The topological polar surface area (TPSA) is 74.0 Å². The predicted molar refractivity (Wildman–Crippen MR) is 130 cm³/mol. The van der Waals surface area contributed by atoms with E-state index < -0.39 is 0 Å². The number of amides is 1. The highest BCUT2D eigenvalue weighted by molar-refractivity contribution is 6.35. The first-order chi connectivity index (χ1) is 15.8. The van der Waals surface area contributed by atoms with Gasteiger partial charge >= 0.3 is 0 Å². The molecule has 0 unspecified atom stereocenters. The zero-order chi connectivity index (χ0) is 23.5. The van der Waals surface area contributed by atoms with Crippen molar-refractivity contribution in [3.8, 4) is 5.75 Å². The lowest BCUT2D eigenvalue weighted by Gasteiger charge is -2.08. The van der Waals surface area contributed by atoms with Gasteiger partial charge in [0.2, 0.25) is 0 Å². The molecule has 1 amide bonds. The van der Waals surface area contributed by atoms with Gasteiger partial charge in [-0.1, -0.05) is 53.0 Å². The Kier molecular flexibility index (Phi) is 6.93. The van der Waals surface area contributed by atoms with E-state index in [2.05, 4.69) is 15.5 Å². The molecule has 0 aliphatic carbocycles. The van der Waals surface area contributed by atoms with Crippen molar-refractivity contribution in [2.75, 3.05) is 5.32 Å². The minimum atomic E-state index is -0.346. The van der Waals surface area contributed by atoms with E-state index in [1.807, 2.05) is 32.0 Å². The number of hydrogen-bond donors (Lipinski definition) is 1. The molecular weight excluding hydrogens is 485 g/mol. The standard InChI is InChI=1S/C23H20Cl3N5O2/c1-14-22(15(2)31(28-14)12-16-7-8-17(24)11-19(16)26)27-23(32)20-9-10-30(29-20)13-33-21-6-4-3-5-18(21)25/h3-11H,12-13H2,1-2H3,(H,27,32). The summed E-state index contributed by atoms with van der Waals surface area (Å²) in [4.78, 5) is 12.8. The number of aryl methyl sites for hydroxylation is 1. The van der Waals surface area contributed by atoms with Crippen molar-refractivity contribution in [2.45, 2.75) is 27.1 Å². The molecule has 0 saturated heterocycles. The molecule has 2 heterocycles. The molecule has 4 aromatic rings. The molecular formula is C23H20Cl3N5O2. The Labute approximate surface area is 205 Å². The highest BCUT2D eigenvalue weighted by Crippen LogP contribution is 2.26. The average molecular weight is 505 g/mol. The van der Waals surface area contributed by atoms with E-state index in [9.17, 15) is 4.79 Å². The van der Waals surface area contributed by atoms with Crippen LogP contribution in [0.2, 0.25) is 15.1 Å². The van der Waals surface area contributed by atoms with Crippen LogP contribution < -0.4 is 10.1 Å². The highest BCUT2D eigenvalue weighted by atomic mass is 35.5. The number of benzene rings is 2. The van der Waals surface area contributed by atoms with Crippen LogP contribution in [-0.4, -0.2) is 25.5 Å². The Morgan fingerprint density at radius 3 is 2.58 bits per heavy atom. The van der Waals surface area contributed by atoms with E-state index in [0.29, 0.717) is 38.7 Å². The molecule has 170 valence electrons. The van der Waals surface area contributed by atoms with Crippen molar-refractivity contribution in [1.82, 2.24) is 19.6 Å². The summed E-state index contributed by atoms with van der Waals surface area (Å²) in [5.41, 5.74) is 3.25. The fourth-order valence-electron chi connectivity index (χ4n) is 3.27. The number of ether oxygens (including phenoxy) is 1. The second kappa shape index (κ2) is 9.87. The zero-order valence-corrected chi connectivity index (χ0v) is 20.1. The predicted octanol–water partition coefficient (Wildman–Crippen LogP) is 5.99. The maximum atomic E-state index is 12.8. The summed E-state index contributed by atoms with van der Waals surface area (Å²) in [6.07, 6.45) is 1.66. The highest BCUT2D eigenvalue weighted by Gasteiger charge is 2.18. The molecule has 0 aliphatic heterocycles. The Morgan fingerprint density at radius 1 is 1.03 bits per heavy atom. The van der Waals surface area contributed by atoms with Crippen molar-refractivity contribution >= 4 is 46.4 Å². The summed E-state index contributed by atoms with van der Waals surface area (Å²) in [5.74, 6) is 0.196. The van der Waals surface area contributed by atoms with Crippen molar-refractivity contribution in [3.63, 3.8) is 0 Å². The van der Waals surface area contributed by atoms with Crippen LogP contribution in [-0.2, 0) is 13.3 Å². The molecule has 10 heteroatoms. The summed E-state index contributed by atoms with van der Waals surface area (Å²) >= 11 is 18.4. The molecule has 33 heavy (non-hydrogen) atoms. The third-order valence-corrected chi connectivity index (χ3v) is 5.92. The summed E-state index contributed by atoms with van der Waals surface area (Å²) in [7, 11) is 0. The molecule has 0 radical (unpaired) electrons. The molecule has 2 aromatic carbocycles. The van der Waals surface area contributed by atoms with Gasteiger partial charge in [0.25, 0.3) is 5.91 Å². The lowest BCUT2D eigenvalue weighted by atomic mass is 10.2. The summed E-state index contributed by atoms with van der Waals surface area (Å²) < 4.78 is 8.96. The molecule has 0 atom stereocenters. The molecule has 7 nitrogen and oxygen atoms in total. The van der Waals surface area contributed by atoms with Crippen LogP contribution in [0.25, 0.3) is 0 Å². The van der Waals surface area contributed by atoms with Gasteiger partial charge in [0.05, 0.1) is 28.6 Å². The second-order valence-electron chi connectivity index (χ2n) is 7.34. The van der Waals surface area contributed by atoms with Crippen LogP contribution in [0.3, 0.4) is 0 Å². The first kappa shape index (κ1) is 23.2. The van der Waals surface area contributed by atoms with Gasteiger partial charge in [-0.05, 0) is 49.7 Å². The van der Waals surface area contributed by atoms with Crippen molar-refractivity contribution in [1.29, 1.82) is 0 Å². The fraction of sp³-hybridized carbons (Fsp3) is 0.174. The van der Waals surface area contributed by atoms with Crippen molar-refractivity contribution in [2.24, 2.45) is 0 Å². The number of hydrogen-bond acceptors (Lipinski definition) is 4. The van der Waals surface area contributed by atoms with E-state index in [-0.39, 0.29) is 18.3 Å². The second-order valence-corrected chi connectivity index (χ2v) is 8.59. The molecule has 0 fully saturated rings. The number of aromatic nitrogens is 4. The maximum Gasteiger partial charge on any atom is 0.276 e. The van der Waals surface area contributed by atoms with Crippen molar-refractivity contribution < 1.29 is 9.53 Å². The third-order valence-electron chi connectivity index (χ3n) is 5.02. The Balaban J connectivity index is 1.44. The SMILES string of the molecule is Cc1nn(Cc2ccc(Cl)cc2Cl)c(C)c1NC(=O)c1ccn(COc2ccccc2Cl)n1. The van der Waals surface area contributed by atoms with Gasteiger partial charge in [-0.2, -0.15) is 10.2 Å². The largest absolute Gasteiger partial charge is 0.470 e. The van der Waals surface area contributed by atoms with Gasteiger partial charge in [-0.15, -0.1) is 0 Å². The van der Waals surface area contributed by atoms with Crippen LogP contribution in [0.5, 0.6) is 5.75 Å². The van der Waals surface area contributed by atoms with E-state index in [4.69, 9.17) is 39.5 Å². The first-order valence-electron chi connectivity index (χ1n) is 10.0. The number of nitrogens with zero attached hydrogens (tertiary/aromatic N) is 4. The summed E-state index contributed by atoms with van der Waals surface area (Å²) in [5, 5.41) is 13.4. The Morgan fingerprint density at radius 2 is 1.82 bits per heavy atom. The van der Waals surface area contributed by atoms with Crippen molar-refractivity contribution in [3.05, 3.63) is 92.4 Å². The number of halogens is 3. The minimum Gasteiger partial charge on any atom is -0.470 e. The van der Waals surface area contributed by atoms with Gasteiger partial charge in [0.1, 0.15) is 5.75 Å². The number of para-hydroxylation sites is 1. The number of carbonyl (C=O) groups excluding carboxylic acids is 1. The lowest BCUT2D eigenvalue weighted by Crippen LogP contribution is -2.15. The van der Waals surface area contributed by atoms with Crippen LogP contribution in [0.15, 0.2) is 54.7 Å². The van der Waals surface area contributed by atoms with Gasteiger partial charge in [-0.25, -0.2) is 4.68 Å². The van der Waals surface area contributed by atoms with E-state index >= 15 is 0 Å². The number of rotatable bonds is 7. The Hall–Kier alpha value is -3.00. The summed E-state index contributed by atoms with van der Waals surface area (Å²) in [6, 6.07) is 14.1. The third kappa shape index (κ3) is 5.33. The van der Waals surface area contributed by atoms with Crippen LogP contribution in [0.4, 0.5) is 5.69 Å². The molecule has 0 spiro atoms. The number of anilines is 1. The van der Waals surface area contributed by atoms with Crippen LogP contribution >= 0.6 is 34.8 Å². The monoisotopic (exact) mass is 503 g/mol. The van der Waals surface area contributed by atoms with Crippen LogP contribution in [0.1, 0.15) is 27.4 Å². The molecule has 0 saturated carbocycles. The quantitative estimate of drug-likeness (QED) is 0.335. The normalized spacial score (nSPS) is 10.9. The van der Waals surface area contributed by atoms with Gasteiger partial charge in [-0.3, -0.25) is 9.48 Å². The van der Waals surface area contributed by atoms with Crippen LogP contribution in [0, 0.1) is 13.8 Å². The number of carbonyl (C=O) groups is 1. The Bertz CT molecular complexity index is 1320. The average Bonchev–Trinajstić information content (AvgIpc) is 3.35. The first-order valence-corrected chi connectivity index (χ1v) is 11.2.